The van der Waals surface area contributed by atoms with Gasteiger partial charge in [0.15, 0.2) is 5.76 Å². The van der Waals surface area contributed by atoms with Crippen LogP contribution < -0.4 is 0 Å². The molecule has 0 aliphatic heterocycles. The molecule has 0 amide bonds. The molecule has 34 heavy (non-hydrogen) atoms. The minimum atomic E-state index is -0.458. The largest absolute Gasteiger partial charge is 0.504 e. The van der Waals surface area contributed by atoms with Gasteiger partial charge in [0.05, 0.1) is 12.5 Å². The van der Waals surface area contributed by atoms with Crippen LogP contribution in [0.25, 0.3) is 0 Å². The molecule has 0 spiro atoms. The van der Waals surface area contributed by atoms with Crippen LogP contribution in [0.1, 0.15) is 73.6 Å². The lowest BCUT2D eigenvalue weighted by atomic mass is 9.36. The van der Waals surface area contributed by atoms with Crippen LogP contribution in [0.4, 0.5) is 0 Å². The summed E-state index contributed by atoms with van der Waals surface area (Å²) in [4.78, 5) is 25.4. The van der Waals surface area contributed by atoms with Crippen LogP contribution in [0.2, 0.25) is 0 Å². The van der Waals surface area contributed by atoms with Gasteiger partial charge in [-0.3, -0.25) is 9.59 Å². The topological polar surface area (TPSA) is 63.6 Å². The van der Waals surface area contributed by atoms with E-state index in [1.54, 1.807) is 6.08 Å². The number of allylic oxidation sites excluding steroid dienone is 9. The number of ketones is 1. The summed E-state index contributed by atoms with van der Waals surface area (Å²) in [6.07, 6.45) is 15.5. The van der Waals surface area contributed by atoms with Gasteiger partial charge in [0, 0.05) is 16.4 Å². The van der Waals surface area contributed by atoms with Gasteiger partial charge in [0.1, 0.15) is 0 Å². The SMILES string of the molecule is COC(=O)[C@]1(C)CC[C@]2(C)C=C[C@]3(C)C4=CC=C5C(=CC(=O)C(O)=C5C)[C@]4(C)CC[C@@]3(C)C2C1. The summed E-state index contributed by atoms with van der Waals surface area (Å²) in [6, 6.07) is 0. The molecule has 0 heterocycles. The van der Waals surface area contributed by atoms with E-state index in [9.17, 15) is 14.7 Å². The van der Waals surface area contributed by atoms with Crippen LogP contribution in [0.15, 0.2) is 58.4 Å². The summed E-state index contributed by atoms with van der Waals surface area (Å²) in [6.45, 7) is 13.4. The Morgan fingerprint density at radius 3 is 2.41 bits per heavy atom. The van der Waals surface area contributed by atoms with Crippen molar-refractivity contribution in [2.24, 2.45) is 33.0 Å². The number of fused-ring (bicyclic) bond motifs is 7. The van der Waals surface area contributed by atoms with Crippen LogP contribution in [0.3, 0.4) is 0 Å². The Morgan fingerprint density at radius 2 is 1.74 bits per heavy atom. The molecule has 182 valence electrons. The predicted molar refractivity (Wildman–Crippen MR) is 133 cm³/mol. The zero-order chi connectivity index (χ0) is 24.9. The monoisotopic (exact) mass is 462 g/mol. The van der Waals surface area contributed by atoms with Crippen LogP contribution in [-0.4, -0.2) is 24.0 Å². The van der Waals surface area contributed by atoms with E-state index in [1.807, 2.05) is 6.92 Å². The lowest BCUT2D eigenvalue weighted by molar-refractivity contribution is -0.163. The van der Waals surface area contributed by atoms with Gasteiger partial charge >= 0.3 is 5.97 Å². The molecular formula is C30H38O4. The van der Waals surface area contributed by atoms with Gasteiger partial charge in [0.25, 0.3) is 0 Å². The van der Waals surface area contributed by atoms with Crippen molar-refractivity contribution in [3.8, 4) is 0 Å². The molecule has 0 aromatic carbocycles. The highest BCUT2D eigenvalue weighted by molar-refractivity contribution is 6.06. The van der Waals surface area contributed by atoms with Crippen molar-refractivity contribution in [1.29, 1.82) is 0 Å². The summed E-state index contributed by atoms with van der Waals surface area (Å²) < 4.78 is 5.25. The minimum Gasteiger partial charge on any atom is -0.504 e. The van der Waals surface area contributed by atoms with Gasteiger partial charge < -0.3 is 9.84 Å². The van der Waals surface area contributed by atoms with Gasteiger partial charge in [-0.15, -0.1) is 0 Å². The first-order valence-electron chi connectivity index (χ1n) is 12.6. The Labute approximate surface area is 203 Å². The van der Waals surface area contributed by atoms with Crippen LogP contribution in [-0.2, 0) is 14.3 Å². The third-order valence-corrected chi connectivity index (χ3v) is 11.0. The fourth-order valence-electron chi connectivity index (χ4n) is 8.31. The van der Waals surface area contributed by atoms with Crippen molar-refractivity contribution < 1.29 is 19.4 Å². The second-order valence-electron chi connectivity index (χ2n) is 12.7. The minimum absolute atomic E-state index is 0.0326. The standard InChI is InChI=1S/C30H38O4/c1-18-19-8-9-22-28(4,20(19)16-21(31)24(18)32)13-15-30(6)23-17-27(3,25(33)34-7)11-10-26(23,2)12-14-29(22,30)5/h8-9,12,14,16,23,32H,10-11,13,15,17H2,1-7H3/t23?,26-,27-,28+,29-,30+/m1/s1. The molecule has 4 nitrogen and oxygen atoms in total. The molecule has 0 aromatic heterocycles. The highest BCUT2D eigenvalue weighted by Crippen LogP contribution is 2.73. The van der Waals surface area contributed by atoms with Crippen LogP contribution in [0, 0.1) is 33.0 Å². The summed E-state index contributed by atoms with van der Waals surface area (Å²) in [7, 11) is 1.50. The maximum atomic E-state index is 12.8. The van der Waals surface area contributed by atoms with Crippen molar-refractivity contribution in [3.63, 3.8) is 0 Å². The number of ether oxygens (including phenoxy) is 1. The molecule has 2 fully saturated rings. The van der Waals surface area contributed by atoms with E-state index >= 15 is 0 Å². The fourth-order valence-corrected chi connectivity index (χ4v) is 8.31. The quantitative estimate of drug-likeness (QED) is 0.354. The van der Waals surface area contributed by atoms with E-state index in [4.69, 9.17) is 4.74 Å². The number of hydrogen-bond acceptors (Lipinski definition) is 4. The zero-order valence-corrected chi connectivity index (χ0v) is 21.7. The van der Waals surface area contributed by atoms with Crippen molar-refractivity contribution >= 4 is 11.8 Å². The molecule has 0 saturated heterocycles. The number of rotatable bonds is 1. The number of esters is 1. The lowest BCUT2D eigenvalue weighted by Gasteiger charge is -2.67. The summed E-state index contributed by atoms with van der Waals surface area (Å²) in [5, 5.41) is 10.3. The second-order valence-corrected chi connectivity index (χ2v) is 12.7. The third kappa shape index (κ3) is 2.66. The molecule has 4 heteroatoms. The molecule has 6 atom stereocenters. The highest BCUT2D eigenvalue weighted by Gasteiger charge is 2.65. The van der Waals surface area contributed by atoms with Crippen LogP contribution >= 0.6 is 0 Å². The smallest absolute Gasteiger partial charge is 0.311 e. The van der Waals surface area contributed by atoms with E-state index in [0.717, 1.165) is 43.3 Å². The fraction of sp³-hybridized carbons (Fsp3) is 0.600. The van der Waals surface area contributed by atoms with Gasteiger partial charge in [-0.2, -0.15) is 0 Å². The average molecular weight is 463 g/mol. The van der Waals surface area contributed by atoms with Gasteiger partial charge in [0.2, 0.25) is 5.78 Å². The Kier molecular flexibility index (Phi) is 4.72. The third-order valence-electron chi connectivity index (χ3n) is 11.0. The van der Waals surface area contributed by atoms with Gasteiger partial charge in [-0.25, -0.2) is 0 Å². The number of hydrogen-bond donors (Lipinski definition) is 1. The molecular weight excluding hydrogens is 424 g/mol. The molecule has 0 radical (unpaired) electrons. The Balaban J connectivity index is 1.66. The number of carbonyl (C=O) groups excluding carboxylic acids is 2. The maximum Gasteiger partial charge on any atom is 0.311 e. The first-order valence-corrected chi connectivity index (χ1v) is 12.6. The first kappa shape index (κ1) is 23.4. The van der Waals surface area contributed by atoms with E-state index < -0.39 is 5.41 Å². The highest BCUT2D eigenvalue weighted by atomic mass is 16.5. The van der Waals surface area contributed by atoms with Crippen molar-refractivity contribution in [1.82, 2.24) is 0 Å². The Bertz CT molecular complexity index is 1160. The van der Waals surface area contributed by atoms with Crippen molar-refractivity contribution in [2.45, 2.75) is 73.6 Å². The molecule has 0 bridgehead atoms. The van der Waals surface area contributed by atoms with E-state index in [1.165, 1.54) is 12.7 Å². The Hall–Kier alpha value is -2.36. The zero-order valence-electron chi connectivity index (χ0n) is 21.7. The molecule has 5 aliphatic rings. The van der Waals surface area contributed by atoms with E-state index in [2.05, 4.69) is 58.9 Å². The molecule has 1 unspecified atom stereocenters. The summed E-state index contributed by atoms with van der Waals surface area (Å²) >= 11 is 0. The number of methoxy groups -OCH3 is 1. The lowest BCUT2D eigenvalue weighted by Crippen LogP contribution is -2.60. The van der Waals surface area contributed by atoms with Gasteiger partial charge in [-0.1, -0.05) is 52.0 Å². The number of aliphatic hydroxyl groups excluding tert-OH is 1. The first-order chi connectivity index (χ1) is 15.8. The summed E-state index contributed by atoms with van der Waals surface area (Å²) in [5.41, 5.74) is 3.12. The van der Waals surface area contributed by atoms with E-state index in [-0.39, 0.29) is 39.2 Å². The molecule has 0 aromatic rings. The summed E-state index contributed by atoms with van der Waals surface area (Å²) in [5.74, 6) is -0.179. The second kappa shape index (κ2) is 6.86. The number of carbonyl (C=O) groups is 2. The maximum absolute atomic E-state index is 12.8. The number of aliphatic hydroxyl groups is 1. The Morgan fingerprint density at radius 1 is 1.03 bits per heavy atom. The predicted octanol–water partition coefficient (Wildman–Crippen LogP) is 6.56. The molecule has 5 aliphatic carbocycles. The van der Waals surface area contributed by atoms with Crippen molar-refractivity contribution in [2.75, 3.05) is 7.11 Å². The van der Waals surface area contributed by atoms with Crippen molar-refractivity contribution in [3.05, 3.63) is 58.4 Å². The molecule has 5 rings (SSSR count). The van der Waals surface area contributed by atoms with Crippen LogP contribution in [0.5, 0.6) is 0 Å². The van der Waals surface area contributed by atoms with Gasteiger partial charge in [-0.05, 0) is 85.5 Å². The normalized spacial score (nSPS) is 45.2. The molecule has 1 N–H and O–H groups in total. The van der Waals surface area contributed by atoms with E-state index in [0.29, 0.717) is 11.5 Å². The average Bonchev–Trinajstić information content (AvgIpc) is 2.80. The molecule has 2 saturated carbocycles.